The maximum absolute atomic E-state index is 11.9. The minimum atomic E-state index is -0.502. The van der Waals surface area contributed by atoms with Gasteiger partial charge in [-0.05, 0) is 17.5 Å². The molecule has 1 aromatic heterocycles. The molecule has 2 aromatic rings. The van der Waals surface area contributed by atoms with E-state index in [-0.39, 0.29) is 23.7 Å². The Kier molecular flexibility index (Phi) is 5.81. The lowest BCUT2D eigenvalue weighted by Gasteiger charge is -2.25. The van der Waals surface area contributed by atoms with Crippen molar-refractivity contribution < 1.29 is 9.21 Å². The van der Waals surface area contributed by atoms with Crippen LogP contribution >= 0.6 is 12.4 Å². The molecule has 1 amide bonds. The number of fused-ring (bicyclic) bond motifs is 1. The quantitative estimate of drug-likeness (QED) is 0.912. The van der Waals surface area contributed by atoms with Gasteiger partial charge in [-0.3, -0.25) is 4.79 Å². The van der Waals surface area contributed by atoms with Crippen molar-refractivity contribution in [3.63, 3.8) is 0 Å². The van der Waals surface area contributed by atoms with Crippen molar-refractivity contribution >= 4 is 29.3 Å². The van der Waals surface area contributed by atoms with Crippen LogP contribution in [0.5, 0.6) is 0 Å². The van der Waals surface area contributed by atoms with Gasteiger partial charge in [0, 0.05) is 18.4 Å². The van der Waals surface area contributed by atoms with Crippen molar-refractivity contribution in [1.29, 1.82) is 0 Å². The Morgan fingerprint density at radius 1 is 1.33 bits per heavy atom. The maximum Gasteiger partial charge on any atom is 0.237 e. The number of nitrogens with two attached hydrogens (primary N) is 1. The summed E-state index contributed by atoms with van der Waals surface area (Å²) in [6.07, 6.45) is 0.664. The van der Waals surface area contributed by atoms with Crippen LogP contribution in [0.4, 0.5) is 0 Å². The van der Waals surface area contributed by atoms with E-state index in [9.17, 15) is 4.79 Å². The average Bonchev–Trinajstić information content (AvgIpc) is 2.79. The molecule has 0 aliphatic heterocycles. The zero-order valence-corrected chi connectivity index (χ0v) is 13.5. The Morgan fingerprint density at radius 2 is 2.00 bits per heavy atom. The summed E-state index contributed by atoms with van der Waals surface area (Å²) in [5.74, 6) is 0.754. The van der Waals surface area contributed by atoms with E-state index in [1.807, 2.05) is 51.1 Å². The van der Waals surface area contributed by atoms with Gasteiger partial charge in [0.1, 0.15) is 11.3 Å². The monoisotopic (exact) mass is 310 g/mol. The third-order valence-corrected chi connectivity index (χ3v) is 3.36. The molecule has 2 rings (SSSR count). The van der Waals surface area contributed by atoms with Gasteiger partial charge >= 0.3 is 0 Å². The van der Waals surface area contributed by atoms with Crippen LogP contribution in [-0.4, -0.2) is 18.5 Å². The predicted molar refractivity (Wildman–Crippen MR) is 87.6 cm³/mol. The first-order valence-corrected chi connectivity index (χ1v) is 6.88. The third-order valence-electron chi connectivity index (χ3n) is 3.36. The van der Waals surface area contributed by atoms with E-state index in [1.54, 1.807) is 0 Å². The zero-order chi connectivity index (χ0) is 14.8. The molecule has 21 heavy (non-hydrogen) atoms. The Hall–Kier alpha value is -1.52. The third kappa shape index (κ3) is 4.48. The van der Waals surface area contributed by atoms with Gasteiger partial charge in [0.05, 0.1) is 6.04 Å². The minimum absolute atomic E-state index is 0. The molecule has 1 heterocycles. The number of hydrogen-bond donors (Lipinski definition) is 2. The summed E-state index contributed by atoms with van der Waals surface area (Å²) < 4.78 is 5.70. The summed E-state index contributed by atoms with van der Waals surface area (Å²) in [6, 6.07) is 9.37. The Balaban J connectivity index is 0.00000220. The second-order valence-corrected chi connectivity index (χ2v) is 6.14. The van der Waals surface area contributed by atoms with Crippen molar-refractivity contribution in [1.82, 2.24) is 5.32 Å². The molecule has 5 heteroatoms. The van der Waals surface area contributed by atoms with E-state index < -0.39 is 6.04 Å². The first kappa shape index (κ1) is 17.5. The van der Waals surface area contributed by atoms with Crippen LogP contribution in [0.15, 0.2) is 34.7 Å². The van der Waals surface area contributed by atoms with Crippen molar-refractivity contribution in [3.8, 4) is 0 Å². The van der Waals surface area contributed by atoms with Crippen molar-refractivity contribution in [2.45, 2.75) is 33.2 Å². The second-order valence-electron chi connectivity index (χ2n) is 6.14. The lowest BCUT2D eigenvalue weighted by molar-refractivity contribution is -0.124. The van der Waals surface area contributed by atoms with Crippen LogP contribution in [-0.2, 0) is 11.2 Å². The standard InChI is InChI=1S/C16H22N2O2.ClH/c1-16(2,3)14(17)15(19)18-9-8-12-10-11-6-4-5-7-13(11)20-12;/h4-7,10,14H,8-9,17H2,1-3H3,(H,18,19);1H/t14-;/m1./s1. The van der Waals surface area contributed by atoms with Gasteiger partial charge in [0.2, 0.25) is 5.91 Å². The normalized spacial score (nSPS) is 12.8. The van der Waals surface area contributed by atoms with Crippen molar-refractivity contribution in [2.75, 3.05) is 6.54 Å². The first-order chi connectivity index (χ1) is 9.38. The van der Waals surface area contributed by atoms with E-state index in [1.165, 1.54) is 0 Å². The van der Waals surface area contributed by atoms with E-state index in [2.05, 4.69) is 5.32 Å². The summed E-state index contributed by atoms with van der Waals surface area (Å²) in [4.78, 5) is 11.9. The van der Waals surface area contributed by atoms with Crippen molar-refractivity contribution in [3.05, 3.63) is 36.1 Å². The smallest absolute Gasteiger partial charge is 0.237 e. The molecule has 0 fully saturated rings. The molecule has 4 nitrogen and oxygen atoms in total. The first-order valence-electron chi connectivity index (χ1n) is 6.88. The maximum atomic E-state index is 11.9. The van der Waals surface area contributed by atoms with Gasteiger partial charge in [0.15, 0.2) is 0 Å². The van der Waals surface area contributed by atoms with Gasteiger partial charge in [-0.1, -0.05) is 39.0 Å². The number of hydrogen-bond acceptors (Lipinski definition) is 3. The van der Waals surface area contributed by atoms with E-state index in [0.29, 0.717) is 13.0 Å². The Morgan fingerprint density at radius 3 is 2.62 bits per heavy atom. The molecule has 1 atom stereocenters. The fourth-order valence-corrected chi connectivity index (χ4v) is 1.97. The molecular formula is C16H23ClN2O2. The molecule has 3 N–H and O–H groups in total. The molecule has 0 aliphatic rings. The van der Waals surface area contributed by atoms with Gasteiger partial charge in [-0.25, -0.2) is 0 Å². The number of carbonyl (C=O) groups excluding carboxylic acids is 1. The molecule has 0 radical (unpaired) electrons. The number of para-hydroxylation sites is 1. The summed E-state index contributed by atoms with van der Waals surface area (Å²) in [6.45, 7) is 6.39. The highest BCUT2D eigenvalue weighted by atomic mass is 35.5. The Bertz CT molecular complexity index is 569. The summed E-state index contributed by atoms with van der Waals surface area (Å²) >= 11 is 0. The molecule has 0 bridgehead atoms. The fraction of sp³-hybridized carbons (Fsp3) is 0.438. The molecule has 0 unspecified atom stereocenters. The largest absolute Gasteiger partial charge is 0.461 e. The summed E-state index contributed by atoms with van der Waals surface area (Å²) in [5.41, 5.74) is 6.54. The summed E-state index contributed by atoms with van der Waals surface area (Å²) in [7, 11) is 0. The molecule has 116 valence electrons. The van der Waals surface area contributed by atoms with Gasteiger partial charge in [0.25, 0.3) is 0 Å². The van der Waals surface area contributed by atoms with Gasteiger partial charge < -0.3 is 15.5 Å². The van der Waals surface area contributed by atoms with Crippen LogP contribution in [0.25, 0.3) is 11.0 Å². The number of halogens is 1. The Labute approximate surface area is 131 Å². The molecule has 0 saturated carbocycles. The number of benzene rings is 1. The lowest BCUT2D eigenvalue weighted by Crippen LogP contribution is -2.48. The van der Waals surface area contributed by atoms with Crippen LogP contribution in [0, 0.1) is 5.41 Å². The number of carbonyl (C=O) groups is 1. The summed E-state index contributed by atoms with van der Waals surface area (Å²) in [5, 5.41) is 3.94. The highest BCUT2D eigenvalue weighted by Gasteiger charge is 2.26. The average molecular weight is 311 g/mol. The number of amides is 1. The van der Waals surface area contributed by atoms with E-state index >= 15 is 0 Å². The minimum Gasteiger partial charge on any atom is -0.461 e. The van der Waals surface area contributed by atoms with Crippen LogP contribution in [0.3, 0.4) is 0 Å². The SMILES string of the molecule is CC(C)(C)[C@H](N)C(=O)NCCc1cc2ccccc2o1.Cl. The van der Waals surface area contributed by atoms with E-state index in [0.717, 1.165) is 16.7 Å². The highest BCUT2D eigenvalue weighted by molar-refractivity contribution is 5.85. The zero-order valence-electron chi connectivity index (χ0n) is 12.7. The fourth-order valence-electron chi connectivity index (χ4n) is 1.97. The van der Waals surface area contributed by atoms with Crippen molar-refractivity contribution in [2.24, 2.45) is 11.1 Å². The highest BCUT2D eigenvalue weighted by Crippen LogP contribution is 2.19. The number of nitrogens with one attached hydrogen (secondary N) is 1. The lowest BCUT2D eigenvalue weighted by atomic mass is 9.87. The molecule has 0 spiro atoms. The molecule has 0 saturated heterocycles. The van der Waals surface area contributed by atoms with Crippen LogP contribution < -0.4 is 11.1 Å². The van der Waals surface area contributed by atoms with Gasteiger partial charge in [-0.2, -0.15) is 0 Å². The molecular weight excluding hydrogens is 288 g/mol. The van der Waals surface area contributed by atoms with Crippen LogP contribution in [0.1, 0.15) is 26.5 Å². The topological polar surface area (TPSA) is 68.3 Å². The van der Waals surface area contributed by atoms with Crippen LogP contribution in [0.2, 0.25) is 0 Å². The number of furan rings is 1. The van der Waals surface area contributed by atoms with Gasteiger partial charge in [-0.15, -0.1) is 12.4 Å². The molecule has 0 aliphatic carbocycles. The second kappa shape index (κ2) is 6.96. The van der Waals surface area contributed by atoms with E-state index in [4.69, 9.17) is 10.2 Å². The predicted octanol–water partition coefficient (Wildman–Crippen LogP) is 2.89. The molecule has 1 aromatic carbocycles. The number of rotatable bonds is 4.